The van der Waals surface area contributed by atoms with Crippen molar-refractivity contribution in [3.8, 4) is 22.6 Å². The predicted octanol–water partition coefficient (Wildman–Crippen LogP) is 4.43. The summed E-state index contributed by atoms with van der Waals surface area (Å²) >= 11 is 0. The Kier molecular flexibility index (Phi) is 3.11. The fourth-order valence-corrected chi connectivity index (χ4v) is 2.52. The van der Waals surface area contributed by atoms with Gasteiger partial charge in [-0.3, -0.25) is 0 Å². The molecule has 3 heteroatoms. The van der Waals surface area contributed by atoms with Gasteiger partial charge in [0.15, 0.2) is 0 Å². The number of ether oxygens (including phenoxy) is 2. The predicted molar refractivity (Wildman–Crippen MR) is 79.5 cm³/mol. The first-order valence-corrected chi connectivity index (χ1v) is 6.45. The molecule has 1 aromatic heterocycles. The maximum Gasteiger partial charge on any atom is 0.142 e. The summed E-state index contributed by atoms with van der Waals surface area (Å²) in [5.74, 6) is 2.36. The Morgan fingerprint density at radius 2 is 1.70 bits per heavy atom. The van der Waals surface area contributed by atoms with Crippen LogP contribution in [0.4, 0.5) is 0 Å². The van der Waals surface area contributed by atoms with Crippen LogP contribution in [0, 0.1) is 6.92 Å². The summed E-state index contributed by atoms with van der Waals surface area (Å²) in [6.45, 7) is 1.97. The highest BCUT2D eigenvalue weighted by Crippen LogP contribution is 2.41. The highest BCUT2D eigenvalue weighted by molar-refractivity contribution is 6.00. The summed E-state index contributed by atoms with van der Waals surface area (Å²) in [5.41, 5.74) is 2.96. The Labute approximate surface area is 117 Å². The lowest BCUT2D eigenvalue weighted by atomic mass is 10.0. The molecular formula is C17H16O3. The van der Waals surface area contributed by atoms with Crippen LogP contribution in [0.5, 0.6) is 11.5 Å². The van der Waals surface area contributed by atoms with E-state index in [1.54, 1.807) is 14.2 Å². The summed E-state index contributed by atoms with van der Waals surface area (Å²) < 4.78 is 16.7. The topological polar surface area (TPSA) is 31.6 Å². The van der Waals surface area contributed by atoms with E-state index in [2.05, 4.69) is 12.1 Å². The van der Waals surface area contributed by atoms with Crippen LogP contribution in [0.15, 0.2) is 46.9 Å². The minimum atomic E-state index is 0.725. The lowest BCUT2D eigenvalue weighted by Crippen LogP contribution is -1.88. The molecule has 20 heavy (non-hydrogen) atoms. The van der Waals surface area contributed by atoms with Crippen molar-refractivity contribution in [1.82, 2.24) is 0 Å². The first-order chi connectivity index (χ1) is 9.74. The summed E-state index contributed by atoms with van der Waals surface area (Å²) in [6.07, 6.45) is 0. The molecule has 0 fully saturated rings. The van der Waals surface area contributed by atoms with E-state index in [0.717, 1.165) is 39.4 Å². The normalized spacial score (nSPS) is 10.8. The quantitative estimate of drug-likeness (QED) is 0.704. The number of methoxy groups -OCH3 is 2. The average Bonchev–Trinajstić information content (AvgIpc) is 2.82. The maximum atomic E-state index is 5.88. The second-order valence-electron chi connectivity index (χ2n) is 4.60. The van der Waals surface area contributed by atoms with Crippen LogP contribution < -0.4 is 9.47 Å². The van der Waals surface area contributed by atoms with Crippen LogP contribution in [0.2, 0.25) is 0 Å². The third kappa shape index (κ3) is 1.92. The van der Waals surface area contributed by atoms with Crippen molar-refractivity contribution in [2.45, 2.75) is 6.92 Å². The fourth-order valence-electron chi connectivity index (χ4n) is 2.52. The lowest BCUT2D eigenvalue weighted by Gasteiger charge is -2.07. The zero-order valence-corrected chi connectivity index (χ0v) is 11.8. The summed E-state index contributed by atoms with van der Waals surface area (Å²) in [6, 6.07) is 13.9. The molecular weight excluding hydrogens is 252 g/mol. The number of hydrogen-bond donors (Lipinski definition) is 0. The van der Waals surface area contributed by atoms with E-state index in [0.29, 0.717) is 0 Å². The molecule has 2 aromatic carbocycles. The van der Waals surface area contributed by atoms with Crippen molar-refractivity contribution in [3.63, 3.8) is 0 Å². The smallest absolute Gasteiger partial charge is 0.142 e. The Balaban J connectivity index is 2.35. The van der Waals surface area contributed by atoms with Gasteiger partial charge in [-0.15, -0.1) is 0 Å². The molecule has 0 saturated carbocycles. The molecule has 0 saturated heterocycles. The second kappa shape index (κ2) is 4.93. The molecule has 0 bridgehead atoms. The van der Waals surface area contributed by atoms with Gasteiger partial charge in [-0.05, 0) is 12.5 Å². The van der Waals surface area contributed by atoms with Gasteiger partial charge in [-0.1, -0.05) is 30.3 Å². The second-order valence-corrected chi connectivity index (χ2v) is 4.60. The molecule has 1 heterocycles. The van der Waals surface area contributed by atoms with Crippen molar-refractivity contribution in [3.05, 3.63) is 48.2 Å². The number of hydrogen-bond acceptors (Lipinski definition) is 3. The van der Waals surface area contributed by atoms with Gasteiger partial charge in [0.2, 0.25) is 0 Å². The summed E-state index contributed by atoms with van der Waals surface area (Å²) in [7, 11) is 3.29. The number of benzene rings is 2. The third-order valence-electron chi connectivity index (χ3n) is 3.42. The van der Waals surface area contributed by atoms with E-state index < -0.39 is 0 Å². The van der Waals surface area contributed by atoms with Gasteiger partial charge >= 0.3 is 0 Å². The van der Waals surface area contributed by atoms with Gasteiger partial charge < -0.3 is 13.9 Å². The molecule has 3 nitrogen and oxygen atoms in total. The maximum absolute atomic E-state index is 5.88. The molecule has 102 valence electrons. The van der Waals surface area contributed by atoms with Gasteiger partial charge in [0, 0.05) is 17.7 Å². The van der Waals surface area contributed by atoms with Gasteiger partial charge in [0.25, 0.3) is 0 Å². The zero-order chi connectivity index (χ0) is 14.1. The first-order valence-electron chi connectivity index (χ1n) is 6.45. The SMILES string of the molecule is COc1cc(OC)c2c(-c3ccccc3)c(C)oc2c1. The van der Waals surface area contributed by atoms with Crippen LogP contribution in [0.3, 0.4) is 0 Å². The minimum absolute atomic E-state index is 0.725. The molecule has 0 radical (unpaired) electrons. The Hall–Kier alpha value is -2.42. The molecule has 0 spiro atoms. The Morgan fingerprint density at radius 3 is 2.35 bits per heavy atom. The number of fused-ring (bicyclic) bond motifs is 1. The van der Waals surface area contributed by atoms with Crippen LogP contribution >= 0.6 is 0 Å². The molecule has 0 aliphatic carbocycles. The van der Waals surface area contributed by atoms with E-state index in [9.17, 15) is 0 Å². The van der Waals surface area contributed by atoms with E-state index in [-0.39, 0.29) is 0 Å². The number of rotatable bonds is 3. The fraction of sp³-hybridized carbons (Fsp3) is 0.176. The van der Waals surface area contributed by atoms with Crippen molar-refractivity contribution < 1.29 is 13.9 Å². The van der Waals surface area contributed by atoms with E-state index >= 15 is 0 Å². The summed E-state index contributed by atoms with van der Waals surface area (Å²) in [4.78, 5) is 0. The van der Waals surface area contributed by atoms with Crippen molar-refractivity contribution in [2.24, 2.45) is 0 Å². The molecule has 0 unspecified atom stereocenters. The van der Waals surface area contributed by atoms with Crippen molar-refractivity contribution in [1.29, 1.82) is 0 Å². The van der Waals surface area contributed by atoms with E-state index in [4.69, 9.17) is 13.9 Å². The Morgan fingerprint density at radius 1 is 0.950 bits per heavy atom. The van der Waals surface area contributed by atoms with Crippen LogP contribution in [-0.4, -0.2) is 14.2 Å². The van der Waals surface area contributed by atoms with E-state index in [1.807, 2.05) is 37.3 Å². The molecule has 0 aliphatic heterocycles. The molecule has 0 amide bonds. The van der Waals surface area contributed by atoms with Gasteiger partial charge in [0.1, 0.15) is 22.8 Å². The van der Waals surface area contributed by atoms with Crippen LogP contribution in [0.1, 0.15) is 5.76 Å². The standard InChI is InChI=1S/C17H16O3/c1-11-16(12-7-5-4-6-8-12)17-14(19-3)9-13(18-2)10-15(17)20-11/h4-10H,1-3H3. The lowest BCUT2D eigenvalue weighted by molar-refractivity contribution is 0.397. The number of aryl methyl sites for hydroxylation is 1. The third-order valence-corrected chi connectivity index (χ3v) is 3.42. The van der Waals surface area contributed by atoms with Crippen molar-refractivity contribution >= 4 is 11.0 Å². The summed E-state index contributed by atoms with van der Waals surface area (Å²) in [5, 5.41) is 0.983. The van der Waals surface area contributed by atoms with Gasteiger partial charge in [-0.2, -0.15) is 0 Å². The largest absolute Gasteiger partial charge is 0.496 e. The minimum Gasteiger partial charge on any atom is -0.496 e. The highest BCUT2D eigenvalue weighted by atomic mass is 16.5. The first kappa shape index (κ1) is 12.6. The zero-order valence-electron chi connectivity index (χ0n) is 11.8. The highest BCUT2D eigenvalue weighted by Gasteiger charge is 2.18. The van der Waals surface area contributed by atoms with Gasteiger partial charge in [-0.25, -0.2) is 0 Å². The average molecular weight is 268 g/mol. The molecule has 0 aliphatic rings. The van der Waals surface area contributed by atoms with E-state index in [1.165, 1.54) is 0 Å². The van der Waals surface area contributed by atoms with Crippen molar-refractivity contribution in [2.75, 3.05) is 14.2 Å². The van der Waals surface area contributed by atoms with Crippen LogP contribution in [0.25, 0.3) is 22.1 Å². The Bertz CT molecular complexity index is 742. The molecule has 3 aromatic rings. The van der Waals surface area contributed by atoms with Gasteiger partial charge in [0.05, 0.1) is 19.6 Å². The monoisotopic (exact) mass is 268 g/mol. The molecule has 3 rings (SSSR count). The van der Waals surface area contributed by atoms with Crippen LogP contribution in [-0.2, 0) is 0 Å². The molecule has 0 atom stereocenters. The number of furan rings is 1. The molecule has 0 N–H and O–H groups in total.